The van der Waals surface area contributed by atoms with Gasteiger partial charge in [0.25, 0.3) is 0 Å². The molecule has 5 nitrogen and oxygen atoms in total. The number of benzene rings is 2. The standard InChI is InChI=1S/C15H15ClN2O3/c1-2-17-10-11-6-8-12(9-7-11)21-15-13(16)4-3-5-14(15)18(19)20/h3-9,17H,2,10H2,1H3. The molecule has 0 aliphatic carbocycles. The molecule has 1 N–H and O–H groups in total. The molecule has 0 aromatic heterocycles. The van der Waals surface area contributed by atoms with E-state index in [0.29, 0.717) is 5.75 Å². The van der Waals surface area contributed by atoms with Crippen molar-refractivity contribution in [2.75, 3.05) is 6.54 Å². The number of nitro benzene ring substituents is 1. The van der Waals surface area contributed by atoms with Gasteiger partial charge >= 0.3 is 5.69 Å². The summed E-state index contributed by atoms with van der Waals surface area (Å²) in [6.07, 6.45) is 0. The predicted molar refractivity (Wildman–Crippen MR) is 82.0 cm³/mol. The van der Waals surface area contributed by atoms with Crippen LogP contribution in [0.4, 0.5) is 5.69 Å². The van der Waals surface area contributed by atoms with E-state index in [1.165, 1.54) is 12.1 Å². The molecule has 2 rings (SSSR count). The van der Waals surface area contributed by atoms with Crippen LogP contribution in [0.2, 0.25) is 5.02 Å². The zero-order valence-electron chi connectivity index (χ0n) is 11.5. The first kappa shape index (κ1) is 15.3. The van der Waals surface area contributed by atoms with Gasteiger partial charge in [-0.05, 0) is 30.3 Å². The number of hydrogen-bond acceptors (Lipinski definition) is 4. The average Bonchev–Trinajstić information content (AvgIpc) is 2.48. The molecule has 110 valence electrons. The largest absolute Gasteiger partial charge is 0.449 e. The molecule has 0 spiro atoms. The van der Waals surface area contributed by atoms with Gasteiger partial charge in [0.2, 0.25) is 5.75 Å². The zero-order valence-corrected chi connectivity index (χ0v) is 12.3. The molecule has 0 bridgehead atoms. The van der Waals surface area contributed by atoms with Crippen LogP contribution in [0.3, 0.4) is 0 Å². The minimum absolute atomic E-state index is 0.0589. The Kier molecular flexibility index (Phi) is 5.14. The van der Waals surface area contributed by atoms with Crippen molar-refractivity contribution in [1.29, 1.82) is 0 Å². The van der Waals surface area contributed by atoms with Gasteiger partial charge in [0, 0.05) is 12.6 Å². The lowest BCUT2D eigenvalue weighted by molar-refractivity contribution is -0.385. The van der Waals surface area contributed by atoms with Gasteiger partial charge in [-0.15, -0.1) is 0 Å². The van der Waals surface area contributed by atoms with Crippen LogP contribution in [0.25, 0.3) is 0 Å². The van der Waals surface area contributed by atoms with E-state index in [2.05, 4.69) is 5.32 Å². The number of hydrogen-bond donors (Lipinski definition) is 1. The Balaban J connectivity index is 2.20. The number of ether oxygens (including phenoxy) is 1. The van der Waals surface area contributed by atoms with Crippen molar-refractivity contribution in [2.24, 2.45) is 0 Å². The fourth-order valence-corrected chi connectivity index (χ4v) is 2.01. The molecule has 2 aromatic rings. The summed E-state index contributed by atoms with van der Waals surface area (Å²) in [6, 6.07) is 11.8. The summed E-state index contributed by atoms with van der Waals surface area (Å²) in [5.74, 6) is 0.565. The number of rotatable bonds is 6. The van der Waals surface area contributed by atoms with Crippen molar-refractivity contribution >= 4 is 17.3 Å². The van der Waals surface area contributed by atoms with Crippen LogP contribution >= 0.6 is 11.6 Å². The first-order chi connectivity index (χ1) is 10.1. The van der Waals surface area contributed by atoms with Gasteiger partial charge in [0.1, 0.15) is 5.75 Å². The second-order valence-electron chi connectivity index (χ2n) is 4.37. The maximum atomic E-state index is 11.0. The SMILES string of the molecule is CCNCc1ccc(Oc2c(Cl)cccc2[N+](=O)[O-])cc1. The molecule has 0 saturated heterocycles. The topological polar surface area (TPSA) is 64.4 Å². The van der Waals surface area contributed by atoms with E-state index in [9.17, 15) is 10.1 Å². The van der Waals surface area contributed by atoms with Gasteiger partial charge in [-0.2, -0.15) is 0 Å². The molecular formula is C15H15ClN2O3. The summed E-state index contributed by atoms with van der Waals surface area (Å²) in [5.41, 5.74) is 0.956. The van der Waals surface area contributed by atoms with Gasteiger partial charge in [-0.1, -0.05) is 36.7 Å². The highest BCUT2D eigenvalue weighted by Gasteiger charge is 2.18. The van der Waals surface area contributed by atoms with Crippen molar-refractivity contribution in [3.63, 3.8) is 0 Å². The Morgan fingerprint density at radius 3 is 2.57 bits per heavy atom. The molecule has 0 saturated carbocycles. The molecule has 0 amide bonds. The van der Waals surface area contributed by atoms with Crippen LogP contribution in [0.5, 0.6) is 11.5 Å². The van der Waals surface area contributed by atoms with Crippen molar-refractivity contribution in [2.45, 2.75) is 13.5 Å². The third-order valence-corrected chi connectivity index (χ3v) is 3.16. The zero-order chi connectivity index (χ0) is 15.2. The third kappa shape index (κ3) is 3.93. The van der Waals surface area contributed by atoms with Crippen LogP contribution < -0.4 is 10.1 Å². The van der Waals surface area contributed by atoms with E-state index in [0.717, 1.165) is 18.7 Å². The Hall–Kier alpha value is -2.11. The van der Waals surface area contributed by atoms with Gasteiger partial charge in [0.15, 0.2) is 0 Å². The predicted octanol–water partition coefficient (Wildman–Crippen LogP) is 4.15. The van der Waals surface area contributed by atoms with Crippen molar-refractivity contribution in [3.8, 4) is 11.5 Å². The fourth-order valence-electron chi connectivity index (χ4n) is 1.80. The Labute approximate surface area is 127 Å². The van der Waals surface area contributed by atoms with Crippen LogP contribution in [0.15, 0.2) is 42.5 Å². The normalized spacial score (nSPS) is 10.4. The van der Waals surface area contributed by atoms with E-state index in [1.54, 1.807) is 18.2 Å². The maximum Gasteiger partial charge on any atom is 0.313 e. The van der Waals surface area contributed by atoms with Crippen LogP contribution in [-0.2, 0) is 6.54 Å². The van der Waals surface area contributed by atoms with E-state index in [1.807, 2.05) is 19.1 Å². The maximum absolute atomic E-state index is 11.0. The number of halogens is 1. The molecule has 2 aromatic carbocycles. The van der Waals surface area contributed by atoms with Gasteiger partial charge in [-0.25, -0.2) is 0 Å². The lowest BCUT2D eigenvalue weighted by Gasteiger charge is -2.09. The summed E-state index contributed by atoms with van der Waals surface area (Å²) < 4.78 is 5.57. The fraction of sp³-hybridized carbons (Fsp3) is 0.200. The quantitative estimate of drug-likeness (QED) is 0.643. The van der Waals surface area contributed by atoms with Crippen molar-refractivity contribution in [1.82, 2.24) is 5.32 Å². The van der Waals surface area contributed by atoms with Gasteiger partial charge in [0.05, 0.1) is 9.95 Å². The molecule has 0 radical (unpaired) electrons. The number of nitrogens with one attached hydrogen (secondary N) is 1. The van der Waals surface area contributed by atoms with Crippen LogP contribution in [-0.4, -0.2) is 11.5 Å². The van der Waals surface area contributed by atoms with E-state index < -0.39 is 4.92 Å². The van der Waals surface area contributed by atoms with E-state index in [4.69, 9.17) is 16.3 Å². The van der Waals surface area contributed by atoms with Crippen molar-refractivity contribution < 1.29 is 9.66 Å². The summed E-state index contributed by atoms with van der Waals surface area (Å²) in [6.45, 7) is 3.70. The second-order valence-corrected chi connectivity index (χ2v) is 4.78. The molecule has 6 heteroatoms. The first-order valence-electron chi connectivity index (χ1n) is 6.52. The molecular weight excluding hydrogens is 292 g/mol. The Bertz CT molecular complexity index is 629. The minimum atomic E-state index is -0.513. The summed E-state index contributed by atoms with van der Waals surface area (Å²) in [7, 11) is 0. The molecule has 0 aliphatic heterocycles. The monoisotopic (exact) mass is 306 g/mol. The Morgan fingerprint density at radius 1 is 1.24 bits per heavy atom. The van der Waals surface area contributed by atoms with E-state index in [-0.39, 0.29) is 16.5 Å². The molecule has 0 unspecified atom stereocenters. The third-order valence-electron chi connectivity index (χ3n) is 2.87. The van der Waals surface area contributed by atoms with Gasteiger partial charge in [-0.3, -0.25) is 10.1 Å². The molecule has 0 aliphatic rings. The number of para-hydroxylation sites is 1. The van der Waals surface area contributed by atoms with Crippen LogP contribution in [0.1, 0.15) is 12.5 Å². The smallest absolute Gasteiger partial charge is 0.313 e. The molecule has 0 fully saturated rings. The lowest BCUT2D eigenvalue weighted by Crippen LogP contribution is -2.11. The van der Waals surface area contributed by atoms with Crippen molar-refractivity contribution in [3.05, 3.63) is 63.2 Å². The Morgan fingerprint density at radius 2 is 1.95 bits per heavy atom. The summed E-state index contributed by atoms with van der Waals surface area (Å²) in [5, 5.41) is 14.4. The lowest BCUT2D eigenvalue weighted by atomic mass is 10.2. The molecule has 0 heterocycles. The second kappa shape index (κ2) is 7.06. The summed E-state index contributed by atoms with van der Waals surface area (Å²) >= 11 is 5.98. The molecule has 0 atom stereocenters. The highest BCUT2D eigenvalue weighted by atomic mass is 35.5. The summed E-state index contributed by atoms with van der Waals surface area (Å²) in [4.78, 5) is 10.5. The minimum Gasteiger partial charge on any atom is -0.449 e. The van der Waals surface area contributed by atoms with E-state index >= 15 is 0 Å². The average molecular weight is 307 g/mol. The van der Waals surface area contributed by atoms with Crippen LogP contribution in [0, 0.1) is 10.1 Å². The first-order valence-corrected chi connectivity index (χ1v) is 6.90. The van der Waals surface area contributed by atoms with Gasteiger partial charge < -0.3 is 10.1 Å². The molecule has 21 heavy (non-hydrogen) atoms. The number of nitro groups is 1. The number of nitrogens with zero attached hydrogens (tertiary/aromatic N) is 1. The highest BCUT2D eigenvalue weighted by Crippen LogP contribution is 2.37. The highest BCUT2D eigenvalue weighted by molar-refractivity contribution is 6.32.